The lowest BCUT2D eigenvalue weighted by atomic mass is 9.98. The number of anilines is 3. The summed E-state index contributed by atoms with van der Waals surface area (Å²) in [5.41, 5.74) is 15.1. The monoisotopic (exact) mass is 799 g/mol. The van der Waals surface area contributed by atoms with Gasteiger partial charge in [0.1, 0.15) is 6.29 Å². The van der Waals surface area contributed by atoms with E-state index in [1.807, 2.05) is 0 Å². The fraction of sp³-hybridized carbons (Fsp3) is 0.0526. The topological polar surface area (TPSA) is 44.3 Å². The highest BCUT2D eigenvalue weighted by Gasteiger charge is 2.32. The van der Waals surface area contributed by atoms with Crippen LogP contribution in [0.2, 0.25) is 0 Å². The molecule has 3 unspecified atom stereocenters. The Morgan fingerprint density at radius 1 is 0.339 bits per heavy atom. The number of aromatic nitrogens is 1. The zero-order valence-corrected chi connectivity index (χ0v) is 34.1. The number of benzene rings is 9. The Hall–Kier alpha value is -7.54. The highest BCUT2D eigenvalue weighted by Crippen LogP contribution is 2.41. The molecule has 0 bridgehead atoms. The van der Waals surface area contributed by atoms with Crippen LogP contribution in [0.4, 0.5) is 17.1 Å². The maximum atomic E-state index is 4.05. The molecule has 0 radical (unpaired) electrons. The van der Waals surface area contributed by atoms with Crippen LogP contribution in [0, 0.1) is 0 Å². The molecule has 1 aliphatic rings. The minimum atomic E-state index is -0.268. The molecular weight excluding hydrogens is 755 g/mol. The normalized spacial score (nSPS) is 16.4. The molecule has 9 aromatic carbocycles. The molecule has 0 amide bonds. The summed E-state index contributed by atoms with van der Waals surface area (Å²) < 4.78 is 2.48. The maximum absolute atomic E-state index is 4.05. The Morgan fingerprint density at radius 3 is 1.53 bits per heavy atom. The third-order valence-corrected chi connectivity index (χ3v) is 12.1. The summed E-state index contributed by atoms with van der Waals surface area (Å²) in [7, 11) is 0. The van der Waals surface area contributed by atoms with E-state index < -0.39 is 0 Å². The third-order valence-electron chi connectivity index (χ3n) is 12.1. The summed E-state index contributed by atoms with van der Waals surface area (Å²) in [6, 6.07) is 84.8. The molecule has 1 aliphatic heterocycles. The van der Waals surface area contributed by atoms with Gasteiger partial charge in [-0.25, -0.2) is 0 Å². The predicted octanol–water partition coefficient (Wildman–Crippen LogP) is 13.9. The Labute approximate surface area is 362 Å². The lowest BCUT2D eigenvalue weighted by Gasteiger charge is -2.40. The number of hydrogen-bond donors (Lipinski definition) is 3. The summed E-state index contributed by atoms with van der Waals surface area (Å²) in [6.45, 7) is 0. The van der Waals surface area contributed by atoms with Crippen LogP contribution in [0.3, 0.4) is 0 Å². The fourth-order valence-electron chi connectivity index (χ4n) is 9.16. The molecule has 62 heavy (non-hydrogen) atoms. The van der Waals surface area contributed by atoms with Gasteiger partial charge in [-0.3, -0.25) is 16.0 Å². The summed E-state index contributed by atoms with van der Waals surface area (Å²) in [5.74, 6) is 0. The van der Waals surface area contributed by atoms with Gasteiger partial charge in [-0.2, -0.15) is 0 Å². The van der Waals surface area contributed by atoms with Crippen LogP contribution < -0.4 is 20.9 Å². The van der Waals surface area contributed by atoms with Crippen LogP contribution in [0.15, 0.2) is 237 Å². The first-order valence-electron chi connectivity index (χ1n) is 21.4. The van der Waals surface area contributed by atoms with Gasteiger partial charge in [0.25, 0.3) is 0 Å². The van der Waals surface area contributed by atoms with E-state index in [0.29, 0.717) is 0 Å². The van der Waals surface area contributed by atoms with Crippen molar-refractivity contribution in [3.05, 3.63) is 248 Å². The molecule has 1 aromatic heterocycles. The lowest BCUT2D eigenvalue weighted by Crippen LogP contribution is -2.56. The van der Waals surface area contributed by atoms with E-state index in [0.717, 1.165) is 33.8 Å². The van der Waals surface area contributed by atoms with Crippen molar-refractivity contribution in [2.24, 2.45) is 0 Å². The van der Waals surface area contributed by atoms with Gasteiger partial charge in [0.05, 0.1) is 23.4 Å². The molecule has 1 saturated heterocycles. The van der Waals surface area contributed by atoms with E-state index in [4.69, 9.17) is 0 Å². The van der Waals surface area contributed by atoms with E-state index in [9.17, 15) is 0 Å². The molecule has 1 fully saturated rings. The van der Waals surface area contributed by atoms with Crippen molar-refractivity contribution in [3.8, 4) is 33.4 Å². The average molecular weight is 800 g/mol. The van der Waals surface area contributed by atoms with Crippen molar-refractivity contribution in [2.75, 3.05) is 4.90 Å². The van der Waals surface area contributed by atoms with E-state index in [1.54, 1.807) is 0 Å². The molecule has 3 N–H and O–H groups in total. The van der Waals surface area contributed by atoms with Crippen LogP contribution in [0.1, 0.15) is 29.7 Å². The minimum Gasteiger partial charge on any atom is -0.311 e. The van der Waals surface area contributed by atoms with Crippen LogP contribution in [0.5, 0.6) is 0 Å². The molecule has 5 heteroatoms. The van der Waals surface area contributed by atoms with Crippen molar-refractivity contribution in [2.45, 2.75) is 18.6 Å². The molecule has 10 aromatic rings. The quantitative estimate of drug-likeness (QED) is 0.136. The zero-order chi connectivity index (χ0) is 41.2. The first-order chi connectivity index (χ1) is 30.7. The highest BCUT2D eigenvalue weighted by molar-refractivity contribution is 6.12. The Morgan fingerprint density at radius 2 is 0.823 bits per heavy atom. The van der Waals surface area contributed by atoms with Gasteiger partial charge in [-0.15, -0.1) is 0 Å². The number of nitrogens with one attached hydrogen (secondary N) is 3. The number of nitrogens with zero attached hydrogens (tertiary/aromatic N) is 2. The van der Waals surface area contributed by atoms with Gasteiger partial charge in [-0.05, 0) is 87.5 Å². The fourth-order valence-corrected chi connectivity index (χ4v) is 9.16. The Kier molecular flexibility index (Phi) is 9.96. The lowest BCUT2D eigenvalue weighted by molar-refractivity contribution is 0.161. The van der Waals surface area contributed by atoms with E-state index >= 15 is 0 Å². The number of hydrogen-bond acceptors (Lipinski definition) is 4. The molecule has 3 atom stereocenters. The first kappa shape index (κ1) is 37.5. The van der Waals surface area contributed by atoms with Crippen LogP contribution in [0.25, 0.3) is 55.2 Å². The molecule has 0 saturated carbocycles. The Balaban J connectivity index is 0.999. The van der Waals surface area contributed by atoms with E-state index in [-0.39, 0.29) is 18.6 Å². The zero-order valence-electron chi connectivity index (χ0n) is 34.1. The van der Waals surface area contributed by atoms with Crippen molar-refractivity contribution < 1.29 is 0 Å². The molecule has 0 aliphatic carbocycles. The SMILES string of the molecule is c1ccc(-c2ccc(-c3cccc4c5ccccc5n(C5NC(c6ccccc6)NC(c6cccc(-c7cccc(N(c8ccccc8)c8ccccc8)c7)c6)N5)c34)cc2)cc1. The van der Waals surface area contributed by atoms with Gasteiger partial charge >= 0.3 is 0 Å². The number of fused-ring (bicyclic) bond motifs is 3. The van der Waals surface area contributed by atoms with Crippen molar-refractivity contribution >= 4 is 38.9 Å². The smallest absolute Gasteiger partial charge is 0.142 e. The maximum Gasteiger partial charge on any atom is 0.142 e. The second-order valence-electron chi connectivity index (χ2n) is 15.9. The van der Waals surface area contributed by atoms with Gasteiger partial charge < -0.3 is 9.47 Å². The molecule has 298 valence electrons. The van der Waals surface area contributed by atoms with E-state index in [2.05, 4.69) is 262 Å². The summed E-state index contributed by atoms with van der Waals surface area (Å²) >= 11 is 0. The highest BCUT2D eigenvalue weighted by atomic mass is 15.4. The number of para-hydroxylation sites is 4. The molecular formula is C57H45N5. The van der Waals surface area contributed by atoms with Crippen molar-refractivity contribution in [3.63, 3.8) is 0 Å². The predicted molar refractivity (Wildman–Crippen MR) is 257 cm³/mol. The average Bonchev–Trinajstić information content (AvgIpc) is 3.70. The summed E-state index contributed by atoms with van der Waals surface area (Å²) in [5, 5.41) is 14.4. The van der Waals surface area contributed by atoms with Crippen LogP contribution >= 0.6 is 0 Å². The minimum absolute atomic E-state index is 0.140. The second-order valence-corrected chi connectivity index (χ2v) is 15.9. The number of rotatable bonds is 9. The van der Waals surface area contributed by atoms with Crippen LogP contribution in [-0.4, -0.2) is 4.57 Å². The van der Waals surface area contributed by atoms with E-state index in [1.165, 1.54) is 49.6 Å². The van der Waals surface area contributed by atoms with Crippen molar-refractivity contribution in [1.29, 1.82) is 0 Å². The van der Waals surface area contributed by atoms with Crippen molar-refractivity contribution in [1.82, 2.24) is 20.5 Å². The van der Waals surface area contributed by atoms with Gasteiger partial charge in [-0.1, -0.05) is 188 Å². The molecule has 0 spiro atoms. The first-order valence-corrected chi connectivity index (χ1v) is 21.4. The summed E-state index contributed by atoms with van der Waals surface area (Å²) in [6.07, 6.45) is -0.595. The summed E-state index contributed by atoms with van der Waals surface area (Å²) in [4.78, 5) is 2.32. The van der Waals surface area contributed by atoms with Gasteiger partial charge in [0.15, 0.2) is 0 Å². The molecule has 2 heterocycles. The van der Waals surface area contributed by atoms with Gasteiger partial charge in [0, 0.05) is 33.4 Å². The molecule has 11 rings (SSSR count). The standard InChI is InChI=1S/C57H45N5/c1-5-18-40(19-6-1)41-34-36-42(37-35-41)50-31-17-32-52-51-30-13-14-33-53(51)62(54(50)52)57-59-55(43-20-7-2-8-21-43)58-56(60-57)46-24-15-22-44(38-46)45-23-16-29-49(39-45)61(47-25-9-3-10-26-47)48-27-11-4-12-28-48/h1-39,55-60H. The third kappa shape index (κ3) is 7.14. The van der Waals surface area contributed by atoms with Gasteiger partial charge in [0.2, 0.25) is 0 Å². The second kappa shape index (κ2) is 16.5. The largest absolute Gasteiger partial charge is 0.311 e. The van der Waals surface area contributed by atoms with Crippen LogP contribution in [-0.2, 0) is 0 Å². The molecule has 5 nitrogen and oxygen atoms in total. The Bertz CT molecular complexity index is 3070.